The van der Waals surface area contributed by atoms with Crippen molar-refractivity contribution in [2.24, 2.45) is 11.8 Å². The quantitative estimate of drug-likeness (QED) is 0.554. The largest absolute Gasteiger partial charge is 0.270 e. The van der Waals surface area contributed by atoms with Crippen molar-refractivity contribution in [2.45, 2.75) is 19.3 Å². The molecule has 2 rings (SSSR count). The summed E-state index contributed by atoms with van der Waals surface area (Å²) in [4.78, 5) is 0. The summed E-state index contributed by atoms with van der Waals surface area (Å²) >= 11 is 0. The summed E-state index contributed by atoms with van der Waals surface area (Å²) in [6.07, 6.45) is 3.66. The van der Waals surface area contributed by atoms with Crippen LogP contribution in [0.15, 0.2) is 0 Å². The summed E-state index contributed by atoms with van der Waals surface area (Å²) in [6.45, 7) is 0.438. The highest BCUT2D eigenvalue weighted by Crippen LogP contribution is 2.36. The van der Waals surface area contributed by atoms with E-state index in [1.165, 1.54) is 19.3 Å². The van der Waals surface area contributed by atoms with Gasteiger partial charge in [-0.3, -0.25) is 4.18 Å². The molecule has 1 saturated carbocycles. The molecule has 4 heteroatoms. The molecule has 1 aliphatic heterocycles. The summed E-state index contributed by atoms with van der Waals surface area (Å²) < 4.78 is 26.4. The van der Waals surface area contributed by atoms with Crippen molar-refractivity contribution >= 4 is 10.1 Å². The SMILES string of the molecule is O=S1(=O)C[C@@H](C2CCC2)CO1. The van der Waals surface area contributed by atoms with Gasteiger partial charge in [-0.2, -0.15) is 8.42 Å². The molecule has 2 aliphatic rings. The van der Waals surface area contributed by atoms with Crippen LogP contribution in [-0.4, -0.2) is 20.8 Å². The van der Waals surface area contributed by atoms with Gasteiger partial charge in [-0.05, 0) is 5.92 Å². The molecule has 11 heavy (non-hydrogen) atoms. The molecule has 64 valence electrons. The van der Waals surface area contributed by atoms with E-state index < -0.39 is 10.1 Å². The van der Waals surface area contributed by atoms with E-state index in [2.05, 4.69) is 4.18 Å². The number of hydrogen-bond acceptors (Lipinski definition) is 3. The van der Waals surface area contributed by atoms with Gasteiger partial charge in [-0.1, -0.05) is 19.3 Å². The van der Waals surface area contributed by atoms with Crippen LogP contribution in [0.1, 0.15) is 19.3 Å². The topological polar surface area (TPSA) is 43.4 Å². The lowest BCUT2D eigenvalue weighted by Gasteiger charge is -2.29. The predicted molar refractivity (Wildman–Crippen MR) is 40.6 cm³/mol. The van der Waals surface area contributed by atoms with Gasteiger partial charge in [0.25, 0.3) is 10.1 Å². The van der Waals surface area contributed by atoms with Crippen molar-refractivity contribution in [3.63, 3.8) is 0 Å². The van der Waals surface area contributed by atoms with Crippen LogP contribution in [0.2, 0.25) is 0 Å². The maximum atomic E-state index is 10.9. The van der Waals surface area contributed by atoms with Crippen LogP contribution in [0.25, 0.3) is 0 Å². The highest BCUT2D eigenvalue weighted by atomic mass is 32.2. The van der Waals surface area contributed by atoms with Crippen LogP contribution in [0.4, 0.5) is 0 Å². The molecule has 0 aromatic carbocycles. The minimum atomic E-state index is -3.12. The average Bonchev–Trinajstić information content (AvgIpc) is 2.05. The lowest BCUT2D eigenvalue weighted by molar-refractivity contribution is 0.183. The molecule has 1 atom stereocenters. The summed E-state index contributed by atoms with van der Waals surface area (Å²) in [5, 5.41) is 0. The second kappa shape index (κ2) is 2.45. The van der Waals surface area contributed by atoms with E-state index in [-0.39, 0.29) is 5.75 Å². The van der Waals surface area contributed by atoms with Gasteiger partial charge in [0.15, 0.2) is 0 Å². The van der Waals surface area contributed by atoms with Crippen LogP contribution in [0.5, 0.6) is 0 Å². The summed E-state index contributed by atoms with van der Waals surface area (Å²) in [7, 11) is -3.12. The Kier molecular flexibility index (Phi) is 1.68. The monoisotopic (exact) mass is 176 g/mol. The minimum absolute atomic E-state index is 0.262. The predicted octanol–water partition coefficient (Wildman–Crippen LogP) is 0.763. The molecule has 3 nitrogen and oxygen atoms in total. The third kappa shape index (κ3) is 1.42. The van der Waals surface area contributed by atoms with Crippen LogP contribution in [0, 0.1) is 11.8 Å². The second-order valence-corrected chi connectivity index (χ2v) is 5.14. The highest BCUT2D eigenvalue weighted by Gasteiger charge is 2.36. The molecule has 0 aromatic rings. The third-order valence-electron chi connectivity index (χ3n) is 2.70. The molecular formula is C7H12O3S. The van der Waals surface area contributed by atoms with Crippen molar-refractivity contribution < 1.29 is 12.6 Å². The molecule has 2 fully saturated rings. The smallest absolute Gasteiger partial charge is 0.267 e. The van der Waals surface area contributed by atoms with Crippen molar-refractivity contribution in [3.8, 4) is 0 Å². The Morgan fingerprint density at radius 1 is 1.18 bits per heavy atom. The molecule has 0 bridgehead atoms. The van der Waals surface area contributed by atoms with Crippen LogP contribution < -0.4 is 0 Å². The first kappa shape index (κ1) is 7.55. The Morgan fingerprint density at radius 3 is 2.27 bits per heavy atom. The molecule has 1 aliphatic carbocycles. The van der Waals surface area contributed by atoms with E-state index in [1.807, 2.05) is 0 Å². The molecule has 0 spiro atoms. The van der Waals surface area contributed by atoms with E-state index >= 15 is 0 Å². The Balaban J connectivity index is 1.99. The summed E-state index contributed by atoms with van der Waals surface area (Å²) in [5.74, 6) is 1.19. The Morgan fingerprint density at radius 2 is 1.91 bits per heavy atom. The van der Waals surface area contributed by atoms with Gasteiger partial charge in [0, 0.05) is 5.92 Å². The van der Waals surface area contributed by atoms with Gasteiger partial charge >= 0.3 is 0 Å². The first-order chi connectivity index (χ1) is 5.17. The zero-order chi connectivity index (χ0) is 7.90. The number of hydrogen-bond donors (Lipinski definition) is 0. The fourth-order valence-corrected chi connectivity index (χ4v) is 3.10. The minimum Gasteiger partial charge on any atom is -0.270 e. The number of rotatable bonds is 1. The normalized spacial score (nSPS) is 36.9. The fraction of sp³-hybridized carbons (Fsp3) is 1.00. The first-order valence-corrected chi connectivity index (χ1v) is 5.62. The van der Waals surface area contributed by atoms with E-state index in [1.54, 1.807) is 0 Å². The van der Waals surface area contributed by atoms with Crippen LogP contribution in [-0.2, 0) is 14.3 Å². The maximum absolute atomic E-state index is 10.9. The van der Waals surface area contributed by atoms with Crippen molar-refractivity contribution in [3.05, 3.63) is 0 Å². The Labute approximate surface area is 66.9 Å². The van der Waals surface area contributed by atoms with Gasteiger partial charge < -0.3 is 0 Å². The first-order valence-electron chi connectivity index (χ1n) is 4.04. The molecule has 1 heterocycles. The van der Waals surface area contributed by atoms with E-state index in [0.717, 1.165) is 0 Å². The maximum Gasteiger partial charge on any atom is 0.267 e. The van der Waals surface area contributed by atoms with Crippen LogP contribution >= 0.6 is 0 Å². The molecule has 0 radical (unpaired) electrons. The average molecular weight is 176 g/mol. The van der Waals surface area contributed by atoms with Gasteiger partial charge in [-0.15, -0.1) is 0 Å². The zero-order valence-corrected chi connectivity index (χ0v) is 7.14. The second-order valence-electron chi connectivity index (χ2n) is 3.46. The standard InChI is InChI=1S/C7H12O3S/c8-11(9)5-7(4-10-11)6-2-1-3-6/h6-7H,1-5H2/t7-/m0/s1. The molecule has 0 unspecified atom stereocenters. The highest BCUT2D eigenvalue weighted by molar-refractivity contribution is 7.86. The third-order valence-corrected chi connectivity index (χ3v) is 4.03. The van der Waals surface area contributed by atoms with Crippen molar-refractivity contribution in [2.75, 3.05) is 12.4 Å². The van der Waals surface area contributed by atoms with Crippen molar-refractivity contribution in [1.82, 2.24) is 0 Å². The van der Waals surface area contributed by atoms with E-state index in [9.17, 15) is 8.42 Å². The lowest BCUT2D eigenvalue weighted by atomic mass is 9.77. The molecular weight excluding hydrogens is 164 g/mol. The molecule has 0 aromatic heterocycles. The zero-order valence-electron chi connectivity index (χ0n) is 6.32. The van der Waals surface area contributed by atoms with E-state index in [0.29, 0.717) is 18.4 Å². The van der Waals surface area contributed by atoms with Gasteiger partial charge in [0.05, 0.1) is 12.4 Å². The van der Waals surface area contributed by atoms with Gasteiger partial charge in [0.2, 0.25) is 0 Å². The van der Waals surface area contributed by atoms with Crippen LogP contribution in [0.3, 0.4) is 0 Å². The van der Waals surface area contributed by atoms with Gasteiger partial charge in [-0.25, -0.2) is 0 Å². The summed E-state index contributed by atoms with van der Waals surface area (Å²) in [6, 6.07) is 0. The van der Waals surface area contributed by atoms with Crippen molar-refractivity contribution in [1.29, 1.82) is 0 Å². The van der Waals surface area contributed by atoms with Gasteiger partial charge in [0.1, 0.15) is 0 Å². The molecule has 1 saturated heterocycles. The molecule has 0 N–H and O–H groups in total. The Bertz CT molecular complexity index is 240. The van der Waals surface area contributed by atoms with E-state index in [4.69, 9.17) is 0 Å². The Hall–Kier alpha value is -0.0900. The molecule has 0 amide bonds. The lowest BCUT2D eigenvalue weighted by Crippen LogP contribution is -2.24. The fourth-order valence-electron chi connectivity index (χ4n) is 1.73. The summed E-state index contributed by atoms with van der Waals surface area (Å²) in [5.41, 5.74) is 0.